The fourth-order valence-electron chi connectivity index (χ4n) is 1.99. The van der Waals surface area contributed by atoms with Gasteiger partial charge in [0.15, 0.2) is 0 Å². The molecule has 0 spiro atoms. The molecule has 0 fully saturated rings. The number of nitrogens with one attached hydrogen (secondary N) is 1. The van der Waals surface area contributed by atoms with Gasteiger partial charge in [-0.1, -0.05) is 6.07 Å². The number of rotatable bonds is 1. The van der Waals surface area contributed by atoms with E-state index in [4.69, 9.17) is 0 Å². The molecule has 0 bridgehead atoms. The molecule has 0 amide bonds. The predicted octanol–water partition coefficient (Wildman–Crippen LogP) is 2.00. The highest BCUT2D eigenvalue weighted by Crippen LogP contribution is 2.20. The number of hydrogen-bond donors (Lipinski definition) is 1. The summed E-state index contributed by atoms with van der Waals surface area (Å²) in [5.74, 6) is 0. The van der Waals surface area contributed by atoms with Crippen LogP contribution in [0.3, 0.4) is 0 Å². The van der Waals surface area contributed by atoms with Crippen molar-refractivity contribution in [2.45, 2.75) is 6.92 Å². The van der Waals surface area contributed by atoms with E-state index in [-0.39, 0.29) is 5.56 Å². The van der Waals surface area contributed by atoms with Gasteiger partial charge >= 0.3 is 0 Å². The Morgan fingerprint density at radius 3 is 3.00 bits per heavy atom. The molecule has 0 aliphatic rings. The van der Waals surface area contributed by atoms with Crippen LogP contribution in [-0.4, -0.2) is 14.4 Å². The molecule has 1 N–H and O–H groups in total. The van der Waals surface area contributed by atoms with Gasteiger partial charge in [0.25, 0.3) is 0 Å². The SMILES string of the molecule is Cc1ccc(-c2cc[nH]c(=O)c2)n2ccnc12. The van der Waals surface area contributed by atoms with Crippen LogP contribution in [0.25, 0.3) is 16.9 Å². The number of hydrogen-bond acceptors (Lipinski definition) is 2. The lowest BCUT2D eigenvalue weighted by molar-refractivity contribution is 1.16. The molecule has 0 unspecified atom stereocenters. The second-order valence-corrected chi connectivity index (χ2v) is 3.96. The Balaban J connectivity index is 2.35. The van der Waals surface area contributed by atoms with Gasteiger partial charge in [0.1, 0.15) is 5.65 Å². The molecule has 4 nitrogen and oxygen atoms in total. The second-order valence-electron chi connectivity index (χ2n) is 3.96. The predicted molar refractivity (Wildman–Crippen MR) is 66.0 cm³/mol. The fraction of sp³-hybridized carbons (Fsp3) is 0.0769. The van der Waals surface area contributed by atoms with Gasteiger partial charge < -0.3 is 4.98 Å². The van der Waals surface area contributed by atoms with Gasteiger partial charge in [-0.2, -0.15) is 0 Å². The summed E-state index contributed by atoms with van der Waals surface area (Å²) in [7, 11) is 0. The largest absolute Gasteiger partial charge is 0.329 e. The number of aryl methyl sites for hydroxylation is 1. The summed E-state index contributed by atoms with van der Waals surface area (Å²) in [6.45, 7) is 2.02. The number of pyridine rings is 2. The van der Waals surface area contributed by atoms with Gasteiger partial charge in [0, 0.05) is 30.2 Å². The molecular weight excluding hydrogens is 214 g/mol. The van der Waals surface area contributed by atoms with E-state index in [0.29, 0.717) is 0 Å². The second kappa shape index (κ2) is 3.59. The van der Waals surface area contributed by atoms with E-state index in [1.54, 1.807) is 18.5 Å². The van der Waals surface area contributed by atoms with E-state index in [1.807, 2.05) is 35.7 Å². The minimum atomic E-state index is -0.101. The molecule has 3 aromatic rings. The molecule has 3 heterocycles. The number of nitrogens with zero attached hydrogens (tertiary/aromatic N) is 2. The number of aromatic nitrogens is 3. The van der Waals surface area contributed by atoms with Crippen molar-refractivity contribution in [2.24, 2.45) is 0 Å². The zero-order chi connectivity index (χ0) is 11.8. The van der Waals surface area contributed by atoms with E-state index in [9.17, 15) is 4.79 Å². The molecule has 84 valence electrons. The number of fused-ring (bicyclic) bond motifs is 1. The minimum absolute atomic E-state index is 0.101. The third-order valence-corrected chi connectivity index (χ3v) is 2.82. The highest BCUT2D eigenvalue weighted by Gasteiger charge is 2.06. The molecule has 0 atom stereocenters. The van der Waals surface area contributed by atoms with Crippen LogP contribution in [0.15, 0.2) is 47.7 Å². The van der Waals surface area contributed by atoms with Crippen LogP contribution < -0.4 is 5.56 Å². The Kier molecular flexibility index (Phi) is 2.08. The van der Waals surface area contributed by atoms with Crippen LogP contribution in [0.5, 0.6) is 0 Å². The third kappa shape index (κ3) is 1.54. The third-order valence-electron chi connectivity index (χ3n) is 2.82. The first-order chi connectivity index (χ1) is 8.25. The smallest absolute Gasteiger partial charge is 0.248 e. The molecule has 0 aliphatic carbocycles. The van der Waals surface area contributed by atoms with Gasteiger partial charge in [0.2, 0.25) is 5.56 Å². The van der Waals surface area contributed by atoms with Crippen molar-refractivity contribution >= 4 is 5.65 Å². The molecule has 0 saturated heterocycles. The highest BCUT2D eigenvalue weighted by molar-refractivity contribution is 5.64. The number of H-pyrrole nitrogens is 1. The van der Waals surface area contributed by atoms with Gasteiger partial charge in [-0.3, -0.25) is 9.20 Å². The van der Waals surface area contributed by atoms with Crippen molar-refractivity contribution in [1.29, 1.82) is 0 Å². The summed E-state index contributed by atoms with van der Waals surface area (Å²) < 4.78 is 1.99. The normalized spacial score (nSPS) is 10.9. The first kappa shape index (κ1) is 9.84. The van der Waals surface area contributed by atoms with Crippen molar-refractivity contribution in [3.05, 3.63) is 58.8 Å². The highest BCUT2D eigenvalue weighted by atomic mass is 16.1. The molecular formula is C13H11N3O. The average molecular weight is 225 g/mol. The van der Waals surface area contributed by atoms with Crippen LogP contribution in [0.1, 0.15) is 5.56 Å². The standard InChI is InChI=1S/C13H11N3O/c1-9-2-3-11(16-7-6-15-13(9)16)10-4-5-14-12(17)8-10/h2-8H,1H3,(H,14,17). The van der Waals surface area contributed by atoms with E-state index >= 15 is 0 Å². The van der Waals surface area contributed by atoms with Crippen LogP contribution in [0.2, 0.25) is 0 Å². The van der Waals surface area contributed by atoms with Gasteiger partial charge in [-0.25, -0.2) is 4.98 Å². The number of imidazole rings is 1. The van der Waals surface area contributed by atoms with E-state index < -0.39 is 0 Å². The maximum Gasteiger partial charge on any atom is 0.248 e. The van der Waals surface area contributed by atoms with E-state index in [2.05, 4.69) is 9.97 Å². The topological polar surface area (TPSA) is 50.2 Å². The van der Waals surface area contributed by atoms with Crippen molar-refractivity contribution in [3.8, 4) is 11.3 Å². The molecule has 3 aromatic heterocycles. The average Bonchev–Trinajstić information content (AvgIpc) is 2.79. The van der Waals surface area contributed by atoms with Crippen molar-refractivity contribution < 1.29 is 0 Å². The Morgan fingerprint density at radius 1 is 1.29 bits per heavy atom. The lowest BCUT2D eigenvalue weighted by atomic mass is 10.1. The van der Waals surface area contributed by atoms with Gasteiger partial charge in [-0.15, -0.1) is 0 Å². The molecule has 0 aliphatic heterocycles. The molecule has 0 radical (unpaired) electrons. The van der Waals surface area contributed by atoms with E-state index in [0.717, 1.165) is 22.5 Å². The van der Waals surface area contributed by atoms with E-state index in [1.165, 1.54) is 0 Å². The molecule has 4 heteroatoms. The van der Waals surface area contributed by atoms with Crippen LogP contribution in [0.4, 0.5) is 0 Å². The zero-order valence-corrected chi connectivity index (χ0v) is 9.34. The minimum Gasteiger partial charge on any atom is -0.329 e. The zero-order valence-electron chi connectivity index (χ0n) is 9.34. The fourth-order valence-corrected chi connectivity index (χ4v) is 1.99. The lowest BCUT2D eigenvalue weighted by Crippen LogP contribution is -2.03. The maximum atomic E-state index is 11.3. The van der Waals surface area contributed by atoms with Crippen LogP contribution in [0, 0.1) is 6.92 Å². The maximum absolute atomic E-state index is 11.3. The molecule has 0 saturated carbocycles. The van der Waals surface area contributed by atoms with Crippen LogP contribution >= 0.6 is 0 Å². The Labute approximate surface area is 97.6 Å². The first-order valence-corrected chi connectivity index (χ1v) is 5.37. The van der Waals surface area contributed by atoms with Crippen LogP contribution in [-0.2, 0) is 0 Å². The van der Waals surface area contributed by atoms with Crippen molar-refractivity contribution in [3.63, 3.8) is 0 Å². The summed E-state index contributed by atoms with van der Waals surface area (Å²) >= 11 is 0. The molecule has 3 rings (SSSR count). The summed E-state index contributed by atoms with van der Waals surface area (Å²) in [5, 5.41) is 0. The Morgan fingerprint density at radius 2 is 2.18 bits per heavy atom. The summed E-state index contributed by atoms with van der Waals surface area (Å²) in [5.41, 5.74) is 3.79. The Hall–Kier alpha value is -2.36. The van der Waals surface area contributed by atoms with Crippen molar-refractivity contribution in [1.82, 2.24) is 14.4 Å². The Bertz CT molecular complexity index is 740. The van der Waals surface area contributed by atoms with Gasteiger partial charge in [-0.05, 0) is 24.6 Å². The summed E-state index contributed by atoms with van der Waals surface area (Å²) in [6.07, 6.45) is 5.32. The summed E-state index contributed by atoms with van der Waals surface area (Å²) in [4.78, 5) is 18.2. The quantitative estimate of drug-likeness (QED) is 0.688. The summed E-state index contributed by atoms with van der Waals surface area (Å²) in [6, 6.07) is 7.48. The molecule has 0 aromatic carbocycles. The monoisotopic (exact) mass is 225 g/mol. The molecule has 17 heavy (non-hydrogen) atoms. The van der Waals surface area contributed by atoms with Crippen molar-refractivity contribution in [2.75, 3.05) is 0 Å². The lowest BCUT2D eigenvalue weighted by Gasteiger charge is -2.06. The van der Waals surface area contributed by atoms with Gasteiger partial charge in [0.05, 0.1) is 5.69 Å². The first-order valence-electron chi connectivity index (χ1n) is 5.37. The number of aromatic amines is 1.